The van der Waals surface area contributed by atoms with Gasteiger partial charge in [-0.3, -0.25) is 9.59 Å². The maximum Gasteiger partial charge on any atom is 0.225 e. The number of rotatable bonds is 6. The lowest BCUT2D eigenvalue weighted by Gasteiger charge is -2.19. The lowest BCUT2D eigenvalue weighted by atomic mass is 10.1. The summed E-state index contributed by atoms with van der Waals surface area (Å²) in [5.74, 6) is -0.447. The molecule has 1 aliphatic heterocycles. The molecule has 0 aliphatic carbocycles. The van der Waals surface area contributed by atoms with Crippen LogP contribution in [-0.2, 0) is 16.1 Å². The molecule has 5 nitrogen and oxygen atoms in total. The van der Waals surface area contributed by atoms with E-state index in [1.807, 2.05) is 38.1 Å². The summed E-state index contributed by atoms with van der Waals surface area (Å²) in [7, 11) is 0. The van der Waals surface area contributed by atoms with E-state index in [4.69, 9.17) is 5.11 Å². The van der Waals surface area contributed by atoms with Crippen molar-refractivity contribution in [2.24, 2.45) is 5.92 Å². The van der Waals surface area contributed by atoms with Crippen LogP contribution in [0.5, 0.6) is 0 Å². The third-order valence-corrected chi connectivity index (χ3v) is 4.14. The minimum atomic E-state index is -0.321. The molecule has 0 bridgehead atoms. The molecule has 1 aliphatic rings. The zero-order valence-electron chi connectivity index (χ0n) is 13.2. The summed E-state index contributed by atoms with van der Waals surface area (Å²) < 4.78 is 0. The largest absolute Gasteiger partial charge is 0.394 e. The summed E-state index contributed by atoms with van der Waals surface area (Å²) in [6.45, 7) is 4.84. The highest BCUT2D eigenvalue weighted by Crippen LogP contribution is 2.20. The number of aliphatic hydroxyl groups is 1. The minimum Gasteiger partial charge on any atom is -0.394 e. The normalized spacial score (nSPS) is 19.3. The number of aryl methyl sites for hydroxylation is 1. The molecule has 1 aromatic carbocycles. The molecule has 2 N–H and O–H groups in total. The number of nitrogens with one attached hydrogen (secondary N) is 1. The molecule has 1 saturated heterocycles. The number of carbonyl (C=O) groups excluding carboxylic acids is 2. The first-order chi connectivity index (χ1) is 10.5. The van der Waals surface area contributed by atoms with Crippen LogP contribution in [0.25, 0.3) is 0 Å². The summed E-state index contributed by atoms with van der Waals surface area (Å²) >= 11 is 0. The van der Waals surface area contributed by atoms with E-state index in [0.717, 1.165) is 5.56 Å². The van der Waals surface area contributed by atoms with Crippen molar-refractivity contribution >= 4 is 11.8 Å². The Labute approximate surface area is 131 Å². The van der Waals surface area contributed by atoms with Crippen molar-refractivity contribution in [3.8, 4) is 0 Å². The monoisotopic (exact) mass is 304 g/mol. The van der Waals surface area contributed by atoms with Gasteiger partial charge < -0.3 is 15.3 Å². The van der Waals surface area contributed by atoms with Gasteiger partial charge in [0.15, 0.2) is 0 Å². The molecule has 22 heavy (non-hydrogen) atoms. The third kappa shape index (κ3) is 4.07. The predicted octanol–water partition coefficient (Wildman–Crippen LogP) is 1.23. The number of amides is 2. The molecule has 0 spiro atoms. The average Bonchev–Trinajstić information content (AvgIpc) is 2.88. The number of likely N-dealkylation sites (tertiary alicyclic amines) is 1. The highest BCUT2D eigenvalue weighted by molar-refractivity contribution is 5.89. The van der Waals surface area contributed by atoms with Gasteiger partial charge in [-0.1, -0.05) is 36.8 Å². The van der Waals surface area contributed by atoms with Crippen molar-refractivity contribution in [3.05, 3.63) is 35.4 Å². The second kappa shape index (κ2) is 7.40. The smallest absolute Gasteiger partial charge is 0.225 e. The zero-order chi connectivity index (χ0) is 16.1. The van der Waals surface area contributed by atoms with E-state index in [1.54, 1.807) is 4.90 Å². The van der Waals surface area contributed by atoms with E-state index < -0.39 is 0 Å². The quantitative estimate of drug-likeness (QED) is 0.830. The van der Waals surface area contributed by atoms with Crippen LogP contribution in [0.3, 0.4) is 0 Å². The Hall–Kier alpha value is -1.88. The van der Waals surface area contributed by atoms with Crippen molar-refractivity contribution in [1.82, 2.24) is 10.2 Å². The Morgan fingerprint density at radius 3 is 2.68 bits per heavy atom. The fourth-order valence-corrected chi connectivity index (χ4v) is 2.61. The molecule has 2 amide bonds. The van der Waals surface area contributed by atoms with Gasteiger partial charge in [-0.15, -0.1) is 0 Å². The molecule has 2 rings (SSSR count). The lowest BCUT2D eigenvalue weighted by molar-refractivity contribution is -0.129. The van der Waals surface area contributed by atoms with Gasteiger partial charge in [0.05, 0.1) is 18.6 Å². The van der Waals surface area contributed by atoms with Crippen molar-refractivity contribution in [2.75, 3.05) is 13.2 Å². The molecule has 5 heteroatoms. The van der Waals surface area contributed by atoms with Crippen molar-refractivity contribution in [3.63, 3.8) is 0 Å². The molecule has 1 fully saturated rings. The fourth-order valence-electron chi connectivity index (χ4n) is 2.61. The molecule has 1 heterocycles. The Balaban J connectivity index is 1.92. The van der Waals surface area contributed by atoms with Crippen LogP contribution in [0, 0.1) is 12.8 Å². The Bertz CT molecular complexity index is 523. The predicted molar refractivity (Wildman–Crippen MR) is 84.0 cm³/mol. The van der Waals surface area contributed by atoms with Crippen LogP contribution >= 0.6 is 0 Å². The SMILES string of the molecule is CCC(CO)NC(=O)C1CC(=O)N(Cc2ccc(C)cc2)C1. The topological polar surface area (TPSA) is 69.6 Å². The van der Waals surface area contributed by atoms with E-state index in [1.165, 1.54) is 5.56 Å². The van der Waals surface area contributed by atoms with Crippen LogP contribution in [-0.4, -0.2) is 41.0 Å². The zero-order valence-corrected chi connectivity index (χ0v) is 13.2. The minimum absolute atomic E-state index is 0.0118. The van der Waals surface area contributed by atoms with E-state index in [-0.39, 0.29) is 36.8 Å². The van der Waals surface area contributed by atoms with Crippen molar-refractivity contribution in [2.45, 2.75) is 39.3 Å². The van der Waals surface area contributed by atoms with Crippen LogP contribution < -0.4 is 5.32 Å². The van der Waals surface area contributed by atoms with Gasteiger partial charge in [-0.05, 0) is 18.9 Å². The maximum atomic E-state index is 12.2. The summed E-state index contributed by atoms with van der Waals surface area (Å²) in [6, 6.07) is 7.83. The molecule has 2 atom stereocenters. The van der Waals surface area contributed by atoms with E-state index >= 15 is 0 Å². The average molecular weight is 304 g/mol. The highest BCUT2D eigenvalue weighted by Gasteiger charge is 2.34. The van der Waals surface area contributed by atoms with E-state index in [2.05, 4.69) is 5.32 Å². The maximum absolute atomic E-state index is 12.2. The number of carbonyl (C=O) groups is 2. The molecule has 0 saturated carbocycles. The van der Waals surface area contributed by atoms with E-state index in [9.17, 15) is 9.59 Å². The summed E-state index contributed by atoms with van der Waals surface area (Å²) in [5, 5.41) is 11.9. The van der Waals surface area contributed by atoms with Crippen LogP contribution in [0.4, 0.5) is 0 Å². The first-order valence-corrected chi connectivity index (χ1v) is 7.78. The number of hydrogen-bond acceptors (Lipinski definition) is 3. The molecule has 2 unspecified atom stereocenters. The molecule has 1 aromatic rings. The third-order valence-electron chi connectivity index (χ3n) is 4.14. The van der Waals surface area contributed by atoms with E-state index in [0.29, 0.717) is 19.5 Å². The van der Waals surface area contributed by atoms with Crippen molar-refractivity contribution in [1.29, 1.82) is 0 Å². The molecular weight excluding hydrogens is 280 g/mol. The molecule has 120 valence electrons. The number of aliphatic hydroxyl groups excluding tert-OH is 1. The van der Waals surface area contributed by atoms with Gasteiger partial charge in [-0.2, -0.15) is 0 Å². The second-order valence-electron chi connectivity index (χ2n) is 5.96. The van der Waals surface area contributed by atoms with Gasteiger partial charge in [-0.25, -0.2) is 0 Å². The Morgan fingerprint density at radius 1 is 1.41 bits per heavy atom. The Morgan fingerprint density at radius 2 is 2.09 bits per heavy atom. The van der Waals surface area contributed by atoms with Gasteiger partial charge in [0, 0.05) is 19.5 Å². The fraction of sp³-hybridized carbons (Fsp3) is 0.529. The number of nitrogens with zero attached hydrogens (tertiary/aromatic N) is 1. The van der Waals surface area contributed by atoms with Gasteiger partial charge in [0.2, 0.25) is 11.8 Å². The molecule has 0 radical (unpaired) electrons. The van der Waals surface area contributed by atoms with Crippen molar-refractivity contribution < 1.29 is 14.7 Å². The summed E-state index contributed by atoms with van der Waals surface area (Å²) in [5.41, 5.74) is 2.25. The first kappa shape index (κ1) is 16.5. The Kier molecular flexibility index (Phi) is 5.55. The van der Waals surface area contributed by atoms with Gasteiger partial charge >= 0.3 is 0 Å². The number of hydrogen-bond donors (Lipinski definition) is 2. The highest BCUT2D eigenvalue weighted by atomic mass is 16.3. The summed E-state index contributed by atoms with van der Waals surface area (Å²) in [4.78, 5) is 26.0. The molecular formula is C17H24N2O3. The standard InChI is InChI=1S/C17H24N2O3/c1-3-15(11-20)18-17(22)14-8-16(21)19(10-14)9-13-6-4-12(2)5-7-13/h4-7,14-15,20H,3,8-11H2,1-2H3,(H,18,22). The van der Waals surface area contributed by atoms with Gasteiger partial charge in [0.25, 0.3) is 0 Å². The van der Waals surface area contributed by atoms with Gasteiger partial charge in [0.1, 0.15) is 0 Å². The second-order valence-corrected chi connectivity index (χ2v) is 5.96. The van der Waals surface area contributed by atoms with Crippen LogP contribution in [0.1, 0.15) is 30.9 Å². The first-order valence-electron chi connectivity index (χ1n) is 7.78. The summed E-state index contributed by atoms with van der Waals surface area (Å²) in [6.07, 6.45) is 0.926. The van der Waals surface area contributed by atoms with Crippen LogP contribution in [0.15, 0.2) is 24.3 Å². The number of benzene rings is 1. The lowest BCUT2D eigenvalue weighted by Crippen LogP contribution is -2.41. The van der Waals surface area contributed by atoms with Crippen LogP contribution in [0.2, 0.25) is 0 Å². The molecule has 0 aromatic heterocycles.